The zero-order valence-corrected chi connectivity index (χ0v) is 17.1. The van der Waals surface area contributed by atoms with E-state index in [0.29, 0.717) is 24.2 Å². The van der Waals surface area contributed by atoms with Gasteiger partial charge >= 0.3 is 0 Å². The van der Waals surface area contributed by atoms with Crippen LogP contribution in [-0.4, -0.2) is 39.8 Å². The van der Waals surface area contributed by atoms with Crippen molar-refractivity contribution in [3.8, 4) is 0 Å². The Kier molecular flexibility index (Phi) is 6.07. The molecule has 1 aliphatic heterocycles. The van der Waals surface area contributed by atoms with Crippen molar-refractivity contribution in [1.82, 2.24) is 9.80 Å². The van der Waals surface area contributed by atoms with Crippen molar-refractivity contribution in [3.63, 3.8) is 0 Å². The van der Waals surface area contributed by atoms with E-state index in [2.05, 4.69) is 0 Å². The van der Waals surface area contributed by atoms with Crippen molar-refractivity contribution in [1.29, 1.82) is 0 Å². The smallest absolute Gasteiger partial charge is 0.245 e. The number of carbonyl (C=O) groups excluding carboxylic acids is 2. The SMILES string of the molecule is CCN1C(=O)C(Cc2ccc(F)cc2)(Cc2ccc(F)cc2)C(=O)N(CC)C1=S. The topological polar surface area (TPSA) is 40.6 Å². The first kappa shape index (κ1) is 21.0. The van der Waals surface area contributed by atoms with E-state index in [-0.39, 0.29) is 29.8 Å². The average molecular weight is 416 g/mol. The van der Waals surface area contributed by atoms with Crippen LogP contribution >= 0.6 is 12.2 Å². The van der Waals surface area contributed by atoms with Crippen LogP contribution in [0, 0.1) is 17.0 Å². The van der Waals surface area contributed by atoms with Crippen LogP contribution in [-0.2, 0) is 22.4 Å². The summed E-state index contributed by atoms with van der Waals surface area (Å²) in [7, 11) is 0. The zero-order chi connectivity index (χ0) is 21.2. The molecule has 0 aromatic heterocycles. The molecule has 1 fully saturated rings. The number of carbonyl (C=O) groups is 2. The molecule has 7 heteroatoms. The van der Waals surface area contributed by atoms with Gasteiger partial charge in [0.2, 0.25) is 11.8 Å². The lowest BCUT2D eigenvalue weighted by Crippen LogP contribution is -2.66. The molecule has 0 radical (unpaired) electrons. The predicted octanol–water partition coefficient (Wildman–Crippen LogP) is 3.73. The second-order valence-electron chi connectivity index (χ2n) is 7.07. The highest BCUT2D eigenvalue weighted by Gasteiger charge is 2.55. The fraction of sp³-hybridized carbons (Fsp3) is 0.318. The van der Waals surface area contributed by atoms with E-state index in [1.165, 1.54) is 34.1 Å². The molecule has 1 heterocycles. The fourth-order valence-corrected chi connectivity index (χ4v) is 4.18. The summed E-state index contributed by atoms with van der Waals surface area (Å²) in [6.07, 6.45) is 0.190. The Morgan fingerprint density at radius 3 is 1.41 bits per heavy atom. The third kappa shape index (κ3) is 3.92. The molecule has 29 heavy (non-hydrogen) atoms. The highest BCUT2D eigenvalue weighted by Crippen LogP contribution is 2.37. The first-order chi connectivity index (χ1) is 13.8. The number of hydrogen-bond acceptors (Lipinski definition) is 3. The van der Waals surface area contributed by atoms with Gasteiger partial charge in [-0.25, -0.2) is 8.78 Å². The van der Waals surface area contributed by atoms with Gasteiger partial charge < -0.3 is 0 Å². The zero-order valence-electron chi connectivity index (χ0n) is 16.3. The van der Waals surface area contributed by atoms with Crippen LogP contribution in [0.2, 0.25) is 0 Å². The maximum absolute atomic E-state index is 13.5. The Bertz CT molecular complexity index is 853. The second-order valence-corrected chi connectivity index (χ2v) is 7.44. The normalized spacial score (nSPS) is 16.5. The molecule has 3 rings (SSSR count). The van der Waals surface area contributed by atoms with Crippen LogP contribution in [0.15, 0.2) is 48.5 Å². The lowest BCUT2D eigenvalue weighted by atomic mass is 9.73. The number of rotatable bonds is 6. The first-order valence-electron chi connectivity index (χ1n) is 9.49. The number of amides is 2. The van der Waals surface area contributed by atoms with E-state index >= 15 is 0 Å². The summed E-state index contributed by atoms with van der Waals surface area (Å²) in [5, 5.41) is 0.193. The van der Waals surface area contributed by atoms with E-state index < -0.39 is 17.0 Å². The van der Waals surface area contributed by atoms with Crippen molar-refractivity contribution in [2.24, 2.45) is 5.41 Å². The summed E-state index contributed by atoms with van der Waals surface area (Å²) in [4.78, 5) is 30.0. The van der Waals surface area contributed by atoms with Crippen molar-refractivity contribution >= 4 is 29.1 Å². The molecule has 1 aliphatic rings. The molecular formula is C22H22F2N2O2S. The third-order valence-electron chi connectivity index (χ3n) is 5.24. The van der Waals surface area contributed by atoms with Gasteiger partial charge in [0.25, 0.3) is 0 Å². The van der Waals surface area contributed by atoms with Crippen LogP contribution in [0.1, 0.15) is 25.0 Å². The Balaban J connectivity index is 2.12. The Labute approximate surface area is 174 Å². The molecular weight excluding hydrogens is 394 g/mol. The van der Waals surface area contributed by atoms with Crippen molar-refractivity contribution in [3.05, 3.63) is 71.3 Å². The Morgan fingerprint density at radius 1 is 0.759 bits per heavy atom. The van der Waals surface area contributed by atoms with Crippen molar-refractivity contribution in [2.45, 2.75) is 26.7 Å². The monoisotopic (exact) mass is 416 g/mol. The molecule has 0 unspecified atom stereocenters. The van der Waals surface area contributed by atoms with Crippen LogP contribution < -0.4 is 0 Å². The number of hydrogen-bond donors (Lipinski definition) is 0. The van der Waals surface area contributed by atoms with Crippen LogP contribution in [0.5, 0.6) is 0 Å². The van der Waals surface area contributed by atoms with Crippen LogP contribution in [0.4, 0.5) is 8.78 Å². The molecule has 2 amide bonds. The van der Waals surface area contributed by atoms with E-state index in [4.69, 9.17) is 12.2 Å². The summed E-state index contributed by atoms with van der Waals surface area (Å²) in [6.45, 7) is 4.26. The maximum atomic E-state index is 13.5. The quantitative estimate of drug-likeness (QED) is 0.532. The van der Waals surface area contributed by atoms with Gasteiger partial charge in [-0.1, -0.05) is 24.3 Å². The summed E-state index contributed by atoms with van der Waals surface area (Å²) in [6, 6.07) is 11.5. The van der Waals surface area contributed by atoms with Gasteiger partial charge in [0.05, 0.1) is 0 Å². The lowest BCUT2D eigenvalue weighted by molar-refractivity contribution is -0.156. The predicted molar refractivity (Wildman–Crippen MR) is 110 cm³/mol. The van der Waals surface area contributed by atoms with Crippen LogP contribution in [0.25, 0.3) is 0 Å². The molecule has 1 saturated heterocycles. The van der Waals surface area contributed by atoms with Gasteiger partial charge in [0, 0.05) is 13.1 Å². The third-order valence-corrected chi connectivity index (χ3v) is 5.68. The Hall–Kier alpha value is -2.67. The number of halogens is 2. The molecule has 0 spiro atoms. The summed E-state index contributed by atoms with van der Waals surface area (Å²) in [5.74, 6) is -1.55. The van der Waals surface area contributed by atoms with Gasteiger partial charge in [-0.2, -0.15) is 0 Å². The van der Waals surface area contributed by atoms with E-state index in [1.54, 1.807) is 38.1 Å². The molecule has 4 nitrogen and oxygen atoms in total. The minimum atomic E-state index is -1.44. The van der Waals surface area contributed by atoms with E-state index in [0.717, 1.165) is 0 Å². The largest absolute Gasteiger partial charge is 0.288 e. The van der Waals surface area contributed by atoms with Gasteiger partial charge in [0.1, 0.15) is 17.0 Å². The van der Waals surface area contributed by atoms with Crippen LogP contribution in [0.3, 0.4) is 0 Å². The average Bonchev–Trinajstić information content (AvgIpc) is 2.71. The standard InChI is InChI=1S/C22H22F2N2O2S/c1-3-25-19(27)22(20(28)26(4-2)21(25)29,13-15-5-9-17(23)10-6-15)14-16-7-11-18(24)12-8-16/h5-12H,3-4,13-14H2,1-2H3. The fourth-order valence-electron chi connectivity index (χ4n) is 3.75. The highest BCUT2D eigenvalue weighted by atomic mass is 32.1. The summed E-state index contributed by atoms with van der Waals surface area (Å²) < 4.78 is 26.8. The van der Waals surface area contributed by atoms with Gasteiger partial charge in [-0.05, 0) is 74.3 Å². The van der Waals surface area contributed by atoms with E-state index in [1.807, 2.05) is 0 Å². The number of nitrogens with zero attached hydrogens (tertiary/aromatic N) is 2. The van der Waals surface area contributed by atoms with Gasteiger partial charge in [0.15, 0.2) is 5.11 Å². The molecule has 2 aromatic rings. The van der Waals surface area contributed by atoms with Gasteiger partial charge in [-0.15, -0.1) is 0 Å². The first-order valence-corrected chi connectivity index (χ1v) is 9.90. The van der Waals surface area contributed by atoms with Crippen molar-refractivity contribution in [2.75, 3.05) is 13.1 Å². The second kappa shape index (κ2) is 8.37. The maximum Gasteiger partial charge on any atom is 0.245 e. The van der Waals surface area contributed by atoms with E-state index in [9.17, 15) is 18.4 Å². The molecule has 0 bridgehead atoms. The number of benzene rings is 2. The Morgan fingerprint density at radius 2 is 1.10 bits per heavy atom. The minimum absolute atomic E-state index is 0.0952. The molecule has 0 saturated carbocycles. The summed E-state index contributed by atoms with van der Waals surface area (Å²) in [5.41, 5.74) is -0.116. The number of thiocarbonyl (C=S) groups is 1. The minimum Gasteiger partial charge on any atom is -0.288 e. The molecule has 0 aliphatic carbocycles. The molecule has 0 N–H and O–H groups in total. The molecule has 152 valence electrons. The molecule has 0 atom stereocenters. The highest BCUT2D eigenvalue weighted by molar-refractivity contribution is 7.80. The van der Waals surface area contributed by atoms with Gasteiger partial charge in [-0.3, -0.25) is 19.4 Å². The van der Waals surface area contributed by atoms with Crippen molar-refractivity contribution < 1.29 is 18.4 Å². The molecule has 2 aromatic carbocycles. The summed E-state index contributed by atoms with van der Waals surface area (Å²) >= 11 is 5.38. The lowest BCUT2D eigenvalue weighted by Gasteiger charge is -2.45.